The van der Waals surface area contributed by atoms with Crippen molar-refractivity contribution >= 4 is 34.2 Å². The van der Waals surface area contributed by atoms with Gasteiger partial charge >= 0.3 is 0 Å². The van der Waals surface area contributed by atoms with E-state index in [9.17, 15) is 10.1 Å². The van der Waals surface area contributed by atoms with Gasteiger partial charge in [0.2, 0.25) is 0 Å². The number of allylic oxidation sites excluding steroid dienone is 2. The zero-order valence-electron chi connectivity index (χ0n) is 14.0. The molecule has 3 rings (SSSR count). The molecule has 1 aliphatic heterocycles. The molecule has 1 aromatic carbocycles. The number of rotatable bonds is 1. The molecule has 0 radical (unpaired) electrons. The molecular formula is C19H19ClN2OS. The van der Waals surface area contributed by atoms with Gasteiger partial charge < -0.3 is 0 Å². The first-order chi connectivity index (χ1) is 11.4. The Kier molecular flexibility index (Phi) is 4.59. The predicted molar refractivity (Wildman–Crippen MR) is 99.3 cm³/mol. The van der Waals surface area contributed by atoms with E-state index >= 15 is 0 Å². The molecule has 0 fully saturated rings. The van der Waals surface area contributed by atoms with Gasteiger partial charge in [0.15, 0.2) is 5.78 Å². The molecule has 124 valence electrons. The van der Waals surface area contributed by atoms with Crippen molar-refractivity contribution < 1.29 is 4.79 Å². The third-order valence-electron chi connectivity index (χ3n) is 4.63. The van der Waals surface area contributed by atoms with Crippen molar-refractivity contribution in [1.82, 2.24) is 0 Å². The molecule has 0 N–H and O–H groups in total. The highest BCUT2D eigenvalue weighted by Gasteiger charge is 2.43. The molecule has 0 saturated heterocycles. The number of ketones is 1. The molecule has 0 aromatic heterocycles. The lowest BCUT2D eigenvalue weighted by Crippen LogP contribution is -2.35. The third kappa shape index (κ3) is 3.03. The number of hydrogen-bond donors (Lipinski definition) is 0. The Balaban J connectivity index is 2.19. The van der Waals surface area contributed by atoms with Crippen molar-refractivity contribution in [2.45, 2.75) is 32.6 Å². The molecule has 0 saturated carbocycles. The SMILES string of the molecule is CSC1=NC2=C(C(=O)CC(C)(C)C2)C(c2ccc(Cl)cc2)C1C#N. The summed E-state index contributed by atoms with van der Waals surface area (Å²) in [6, 6.07) is 9.83. The van der Waals surface area contributed by atoms with E-state index in [-0.39, 0.29) is 17.1 Å². The van der Waals surface area contributed by atoms with Crippen LogP contribution < -0.4 is 0 Å². The number of thioether (sulfide) groups is 1. The summed E-state index contributed by atoms with van der Waals surface area (Å²) in [4.78, 5) is 17.6. The van der Waals surface area contributed by atoms with E-state index in [1.807, 2.05) is 30.5 Å². The summed E-state index contributed by atoms with van der Waals surface area (Å²) < 4.78 is 0. The lowest BCUT2D eigenvalue weighted by Gasteiger charge is -2.38. The van der Waals surface area contributed by atoms with E-state index in [4.69, 9.17) is 16.6 Å². The molecule has 2 aliphatic rings. The second-order valence-corrected chi connectivity index (χ2v) is 8.35. The van der Waals surface area contributed by atoms with Crippen LogP contribution in [0.25, 0.3) is 0 Å². The quantitative estimate of drug-likeness (QED) is 0.711. The fourth-order valence-electron chi connectivity index (χ4n) is 3.60. The summed E-state index contributed by atoms with van der Waals surface area (Å²) in [6.07, 6.45) is 3.20. The maximum Gasteiger partial charge on any atom is 0.161 e. The van der Waals surface area contributed by atoms with Gasteiger partial charge in [0.05, 0.1) is 11.1 Å². The summed E-state index contributed by atoms with van der Waals surface area (Å²) in [5.74, 6) is -0.568. The van der Waals surface area contributed by atoms with Gasteiger partial charge in [-0.3, -0.25) is 4.79 Å². The van der Waals surface area contributed by atoms with Gasteiger partial charge in [-0.2, -0.15) is 5.26 Å². The third-order valence-corrected chi connectivity index (χ3v) is 5.64. The molecule has 3 nitrogen and oxygen atoms in total. The van der Waals surface area contributed by atoms with E-state index < -0.39 is 5.92 Å². The largest absolute Gasteiger partial charge is 0.294 e. The molecule has 5 heteroatoms. The molecule has 0 bridgehead atoms. The molecular weight excluding hydrogens is 340 g/mol. The van der Waals surface area contributed by atoms with E-state index in [2.05, 4.69) is 19.9 Å². The minimum atomic E-state index is -0.426. The van der Waals surface area contributed by atoms with Crippen molar-refractivity contribution in [3.8, 4) is 6.07 Å². The smallest absolute Gasteiger partial charge is 0.161 e. The van der Waals surface area contributed by atoms with Gasteiger partial charge in [-0.1, -0.05) is 37.6 Å². The Morgan fingerprint density at radius 1 is 1.29 bits per heavy atom. The number of Topliss-reactive ketones (excluding diaryl/α,β-unsaturated/α-hetero) is 1. The Morgan fingerprint density at radius 2 is 1.96 bits per heavy atom. The van der Waals surface area contributed by atoms with Crippen molar-refractivity contribution in [2.24, 2.45) is 16.3 Å². The molecule has 1 aliphatic carbocycles. The van der Waals surface area contributed by atoms with Crippen LogP contribution in [0.5, 0.6) is 0 Å². The minimum absolute atomic E-state index is 0.0903. The van der Waals surface area contributed by atoms with Crippen LogP contribution in [0, 0.1) is 22.7 Å². The van der Waals surface area contributed by atoms with Gasteiger partial charge in [0.25, 0.3) is 0 Å². The number of aliphatic imine (C=N–C) groups is 1. The molecule has 0 amide bonds. The first-order valence-electron chi connectivity index (χ1n) is 7.90. The van der Waals surface area contributed by atoms with E-state index in [1.54, 1.807) is 0 Å². The molecule has 1 heterocycles. The normalized spacial score (nSPS) is 25.8. The average Bonchev–Trinajstić information content (AvgIpc) is 2.52. The monoisotopic (exact) mass is 358 g/mol. The van der Waals surface area contributed by atoms with E-state index in [0.717, 1.165) is 28.3 Å². The van der Waals surface area contributed by atoms with Crippen LogP contribution >= 0.6 is 23.4 Å². The van der Waals surface area contributed by atoms with Gasteiger partial charge in [-0.25, -0.2) is 4.99 Å². The lowest BCUT2D eigenvalue weighted by molar-refractivity contribution is -0.118. The first-order valence-corrected chi connectivity index (χ1v) is 9.50. The molecule has 0 spiro atoms. The predicted octanol–water partition coefficient (Wildman–Crippen LogP) is 4.98. The highest BCUT2D eigenvalue weighted by Crippen LogP contribution is 2.48. The Hall–Kier alpha value is -1.57. The van der Waals surface area contributed by atoms with Gasteiger partial charge in [-0.05, 0) is 35.8 Å². The summed E-state index contributed by atoms with van der Waals surface area (Å²) >= 11 is 7.50. The van der Waals surface area contributed by atoms with Crippen molar-refractivity contribution in [1.29, 1.82) is 5.26 Å². The molecule has 24 heavy (non-hydrogen) atoms. The number of nitriles is 1. The second kappa shape index (κ2) is 6.38. The maximum atomic E-state index is 12.9. The number of halogens is 1. The van der Waals surface area contributed by atoms with Crippen LogP contribution in [-0.2, 0) is 4.79 Å². The highest BCUT2D eigenvalue weighted by molar-refractivity contribution is 8.13. The van der Waals surface area contributed by atoms with E-state index in [0.29, 0.717) is 11.4 Å². The second-order valence-electron chi connectivity index (χ2n) is 7.09. The molecule has 1 aromatic rings. The average molecular weight is 359 g/mol. The van der Waals surface area contributed by atoms with Crippen LogP contribution in [0.4, 0.5) is 0 Å². The van der Waals surface area contributed by atoms with Crippen LogP contribution in [0.3, 0.4) is 0 Å². The van der Waals surface area contributed by atoms with Gasteiger partial charge in [0, 0.05) is 28.6 Å². The Bertz CT molecular complexity index is 787. The molecule has 2 atom stereocenters. The number of carbonyl (C=O) groups is 1. The van der Waals surface area contributed by atoms with Crippen molar-refractivity contribution in [3.63, 3.8) is 0 Å². The van der Waals surface area contributed by atoms with E-state index in [1.165, 1.54) is 11.8 Å². The summed E-state index contributed by atoms with van der Waals surface area (Å²) in [6.45, 7) is 4.19. The number of carbonyl (C=O) groups excluding carboxylic acids is 1. The number of benzene rings is 1. The van der Waals surface area contributed by atoms with Gasteiger partial charge in [0.1, 0.15) is 5.92 Å². The standard InChI is InChI=1S/C19H19ClN2OS/c1-19(2)8-14-17(15(23)9-19)16(11-4-6-12(20)7-5-11)13(10-21)18(22-14)24-3/h4-7,13,16H,8-9H2,1-3H3. The van der Waals surface area contributed by atoms with Crippen molar-refractivity contribution in [3.05, 3.63) is 46.1 Å². The highest BCUT2D eigenvalue weighted by atomic mass is 35.5. The van der Waals surface area contributed by atoms with Crippen LogP contribution in [0.2, 0.25) is 5.02 Å². The van der Waals surface area contributed by atoms with Crippen molar-refractivity contribution in [2.75, 3.05) is 6.26 Å². The Labute approximate surface area is 151 Å². The first kappa shape index (κ1) is 17.3. The summed E-state index contributed by atoms with van der Waals surface area (Å²) in [7, 11) is 0. The maximum absolute atomic E-state index is 12.9. The van der Waals surface area contributed by atoms with Gasteiger partial charge in [-0.15, -0.1) is 11.8 Å². The number of hydrogen-bond acceptors (Lipinski definition) is 4. The lowest BCUT2D eigenvalue weighted by atomic mass is 9.68. The fraction of sp³-hybridized carbons (Fsp3) is 0.421. The van der Waals surface area contributed by atoms with Crippen LogP contribution in [0.15, 0.2) is 40.5 Å². The zero-order valence-corrected chi connectivity index (χ0v) is 15.5. The summed E-state index contributed by atoms with van der Waals surface area (Å²) in [5.41, 5.74) is 2.44. The Morgan fingerprint density at radius 3 is 2.54 bits per heavy atom. The molecule has 2 unspecified atom stereocenters. The zero-order chi connectivity index (χ0) is 17.5. The number of nitrogens with zero attached hydrogens (tertiary/aromatic N) is 2. The van der Waals surface area contributed by atoms with Crippen LogP contribution in [0.1, 0.15) is 38.2 Å². The topological polar surface area (TPSA) is 53.2 Å². The van der Waals surface area contributed by atoms with Crippen LogP contribution in [-0.4, -0.2) is 17.1 Å². The minimum Gasteiger partial charge on any atom is -0.294 e. The summed E-state index contributed by atoms with van der Waals surface area (Å²) in [5, 5.41) is 11.2. The fourth-order valence-corrected chi connectivity index (χ4v) is 4.37.